The van der Waals surface area contributed by atoms with Gasteiger partial charge >= 0.3 is 0 Å². The van der Waals surface area contributed by atoms with Gasteiger partial charge in [-0.05, 0) is 59.1 Å². The molecule has 37 heavy (non-hydrogen) atoms. The lowest BCUT2D eigenvalue weighted by Gasteiger charge is -2.42. The molecule has 4 aromatic rings. The molecule has 0 radical (unpaired) electrons. The number of benzene rings is 1. The van der Waals surface area contributed by atoms with Gasteiger partial charge in [-0.25, -0.2) is 28.7 Å². The molecule has 1 fully saturated rings. The molecule has 11 heteroatoms. The van der Waals surface area contributed by atoms with Gasteiger partial charge in [-0.2, -0.15) is 0 Å². The number of pyridine rings is 1. The fraction of sp³-hybridized carbons (Fsp3) is 0.346. The summed E-state index contributed by atoms with van der Waals surface area (Å²) in [5, 5.41) is 2.93. The minimum atomic E-state index is -0.684. The van der Waals surface area contributed by atoms with Crippen LogP contribution >= 0.6 is 0 Å². The van der Waals surface area contributed by atoms with E-state index < -0.39 is 11.6 Å². The van der Waals surface area contributed by atoms with Crippen molar-refractivity contribution in [1.82, 2.24) is 34.3 Å². The van der Waals surface area contributed by atoms with E-state index in [0.717, 1.165) is 6.20 Å². The van der Waals surface area contributed by atoms with Gasteiger partial charge < -0.3 is 19.7 Å². The Labute approximate surface area is 213 Å². The topological polar surface area (TPSA) is 92.1 Å². The second kappa shape index (κ2) is 9.47. The highest BCUT2D eigenvalue weighted by atomic mass is 19.1. The Kier molecular flexibility index (Phi) is 6.32. The smallest absolute Gasteiger partial charge is 0.255 e. The Morgan fingerprint density at radius 1 is 1.08 bits per heavy atom. The Morgan fingerprint density at radius 2 is 1.84 bits per heavy atom. The van der Waals surface area contributed by atoms with Gasteiger partial charge in [-0.15, -0.1) is 0 Å². The molecular weight excluding hydrogens is 478 g/mol. The number of carbonyl (C=O) groups excluding carboxylic acids is 1. The first-order valence-electron chi connectivity index (χ1n) is 12.0. The molecule has 0 bridgehead atoms. The van der Waals surface area contributed by atoms with Crippen molar-refractivity contribution in [2.75, 3.05) is 32.5 Å². The lowest BCUT2D eigenvalue weighted by molar-refractivity contribution is 0.0399. The van der Waals surface area contributed by atoms with E-state index in [1.165, 1.54) is 12.3 Å². The first kappa shape index (κ1) is 24.7. The van der Waals surface area contributed by atoms with E-state index in [4.69, 9.17) is 0 Å². The third-order valence-corrected chi connectivity index (χ3v) is 6.59. The van der Waals surface area contributed by atoms with Crippen LogP contribution in [-0.2, 0) is 0 Å². The maximum Gasteiger partial charge on any atom is 0.255 e. The van der Waals surface area contributed by atoms with Crippen LogP contribution in [-0.4, -0.2) is 73.4 Å². The Bertz CT molecular complexity index is 1480. The number of nitrogens with zero attached hydrogens (tertiary/aromatic N) is 7. The van der Waals surface area contributed by atoms with E-state index in [2.05, 4.69) is 30.2 Å². The summed E-state index contributed by atoms with van der Waals surface area (Å²) in [5.41, 5.74) is 1.50. The second-order valence-corrected chi connectivity index (χ2v) is 9.72. The number of amides is 1. The van der Waals surface area contributed by atoms with Crippen molar-refractivity contribution in [2.24, 2.45) is 0 Å². The molecule has 0 unspecified atom stereocenters. The van der Waals surface area contributed by atoms with Gasteiger partial charge in [0.05, 0.1) is 17.3 Å². The van der Waals surface area contributed by atoms with Crippen molar-refractivity contribution in [2.45, 2.75) is 32.9 Å². The first-order chi connectivity index (χ1) is 17.6. The van der Waals surface area contributed by atoms with Crippen molar-refractivity contribution >= 4 is 28.7 Å². The molecule has 1 amide bonds. The summed E-state index contributed by atoms with van der Waals surface area (Å²) in [6.45, 7) is 7.12. The first-order valence-corrected chi connectivity index (χ1v) is 12.0. The van der Waals surface area contributed by atoms with E-state index >= 15 is 0 Å². The van der Waals surface area contributed by atoms with Crippen LogP contribution in [0.25, 0.3) is 22.3 Å². The van der Waals surface area contributed by atoms with E-state index in [1.54, 1.807) is 23.1 Å². The standard InChI is InChI=1S/C26H28F2N8O/c1-14(2)36-15(3)31-24-19(27)8-17(9-21(24)36)23-20(28)11-30-26(33-23)32-22-7-6-16(10-29-22)25(37)35-12-18(13-35)34(4)5/h6-11,14,18H,12-13H2,1-5H3,(H,29,30,32,33). The van der Waals surface area contributed by atoms with Crippen LogP contribution < -0.4 is 5.32 Å². The number of likely N-dealkylation sites (N-methyl/N-ethyl adjacent to an activating group) is 1. The number of fused-ring (bicyclic) bond motifs is 1. The van der Waals surface area contributed by atoms with Gasteiger partial charge in [0.1, 0.15) is 22.9 Å². The summed E-state index contributed by atoms with van der Waals surface area (Å²) in [7, 11) is 3.99. The lowest BCUT2D eigenvalue weighted by atomic mass is 10.1. The number of anilines is 2. The highest BCUT2D eigenvalue weighted by Crippen LogP contribution is 2.30. The van der Waals surface area contributed by atoms with Gasteiger partial charge in [0.15, 0.2) is 11.6 Å². The van der Waals surface area contributed by atoms with Gasteiger partial charge in [0.25, 0.3) is 5.91 Å². The average Bonchev–Trinajstić information content (AvgIpc) is 3.16. The van der Waals surface area contributed by atoms with E-state index in [9.17, 15) is 13.6 Å². The van der Waals surface area contributed by atoms with E-state index in [-0.39, 0.29) is 34.7 Å². The Balaban J connectivity index is 1.38. The molecule has 1 aromatic carbocycles. The van der Waals surface area contributed by atoms with Crippen LogP contribution in [0, 0.1) is 18.6 Å². The molecule has 9 nitrogen and oxygen atoms in total. The number of rotatable bonds is 6. The summed E-state index contributed by atoms with van der Waals surface area (Å²) < 4.78 is 31.6. The lowest BCUT2D eigenvalue weighted by Crippen LogP contribution is -2.59. The van der Waals surface area contributed by atoms with Crippen molar-refractivity contribution < 1.29 is 13.6 Å². The number of imidazole rings is 1. The number of carbonyl (C=O) groups is 1. The molecule has 0 atom stereocenters. The highest BCUT2D eigenvalue weighted by Gasteiger charge is 2.32. The number of aromatic nitrogens is 5. The van der Waals surface area contributed by atoms with Gasteiger partial charge in [-0.3, -0.25) is 4.79 Å². The molecule has 3 aromatic heterocycles. The summed E-state index contributed by atoms with van der Waals surface area (Å²) >= 11 is 0. The third kappa shape index (κ3) is 4.62. The molecular formula is C26H28F2N8O. The third-order valence-electron chi connectivity index (χ3n) is 6.59. The maximum atomic E-state index is 14.9. The maximum absolute atomic E-state index is 14.9. The van der Waals surface area contributed by atoms with Crippen LogP contribution in [0.5, 0.6) is 0 Å². The van der Waals surface area contributed by atoms with Gasteiger partial charge in [0.2, 0.25) is 5.95 Å². The van der Waals surface area contributed by atoms with Crippen molar-refractivity contribution in [1.29, 1.82) is 0 Å². The quantitative estimate of drug-likeness (QED) is 0.419. The van der Waals surface area contributed by atoms with Crippen LogP contribution in [0.3, 0.4) is 0 Å². The van der Waals surface area contributed by atoms with Crippen LogP contribution in [0.2, 0.25) is 0 Å². The molecule has 1 aliphatic rings. The molecule has 192 valence electrons. The number of halogens is 2. The molecule has 0 aliphatic carbocycles. The number of hydrogen-bond donors (Lipinski definition) is 1. The van der Waals surface area contributed by atoms with Crippen LogP contribution in [0.15, 0.2) is 36.7 Å². The number of aryl methyl sites for hydroxylation is 1. The average molecular weight is 507 g/mol. The zero-order valence-electron chi connectivity index (χ0n) is 21.3. The SMILES string of the molecule is Cc1nc2c(F)cc(-c3nc(Nc4ccc(C(=O)N5CC(N(C)C)C5)cn4)ncc3F)cc2n1C(C)C. The highest BCUT2D eigenvalue weighted by molar-refractivity contribution is 5.94. The summed E-state index contributed by atoms with van der Waals surface area (Å²) in [6.07, 6.45) is 2.51. The molecule has 0 saturated carbocycles. The van der Waals surface area contributed by atoms with Gasteiger partial charge in [0, 0.05) is 36.9 Å². The predicted octanol–water partition coefficient (Wildman–Crippen LogP) is 4.19. The fourth-order valence-corrected chi connectivity index (χ4v) is 4.53. The number of likely N-dealkylation sites (tertiary alicyclic amines) is 1. The Morgan fingerprint density at radius 3 is 2.49 bits per heavy atom. The van der Waals surface area contributed by atoms with Crippen LogP contribution in [0.4, 0.5) is 20.5 Å². The molecule has 1 N–H and O–H groups in total. The zero-order valence-corrected chi connectivity index (χ0v) is 21.3. The zero-order chi connectivity index (χ0) is 26.4. The molecule has 4 heterocycles. The minimum Gasteiger partial charge on any atom is -0.335 e. The largest absolute Gasteiger partial charge is 0.335 e. The number of nitrogens with one attached hydrogen (secondary N) is 1. The summed E-state index contributed by atoms with van der Waals surface area (Å²) in [5.74, 6) is -0.163. The van der Waals surface area contributed by atoms with Crippen molar-refractivity contribution in [3.8, 4) is 11.3 Å². The van der Waals surface area contributed by atoms with Crippen LogP contribution in [0.1, 0.15) is 36.1 Å². The fourth-order valence-electron chi connectivity index (χ4n) is 4.53. The van der Waals surface area contributed by atoms with E-state index in [1.807, 2.05) is 39.4 Å². The molecule has 1 saturated heterocycles. The predicted molar refractivity (Wildman–Crippen MR) is 137 cm³/mol. The summed E-state index contributed by atoms with van der Waals surface area (Å²) in [6, 6.07) is 6.63. The molecule has 1 aliphatic heterocycles. The normalized spacial score (nSPS) is 14.0. The summed E-state index contributed by atoms with van der Waals surface area (Å²) in [4.78, 5) is 33.4. The van der Waals surface area contributed by atoms with Gasteiger partial charge in [-0.1, -0.05) is 0 Å². The molecule has 0 spiro atoms. The molecule has 5 rings (SSSR count). The van der Waals surface area contributed by atoms with E-state index in [0.29, 0.717) is 41.9 Å². The monoisotopic (exact) mass is 506 g/mol. The number of hydrogen-bond acceptors (Lipinski definition) is 7. The minimum absolute atomic E-state index is 0.0450. The van der Waals surface area contributed by atoms with Crippen molar-refractivity contribution in [3.05, 3.63) is 59.7 Å². The van der Waals surface area contributed by atoms with Crippen molar-refractivity contribution in [3.63, 3.8) is 0 Å². The second-order valence-electron chi connectivity index (χ2n) is 9.72. The Hall–Kier alpha value is -3.99.